The van der Waals surface area contributed by atoms with Crippen molar-refractivity contribution in [3.8, 4) is 44.5 Å². The van der Waals surface area contributed by atoms with Crippen LogP contribution in [0.2, 0.25) is 0 Å². The molecule has 0 aromatic heterocycles. The van der Waals surface area contributed by atoms with Crippen molar-refractivity contribution in [2.45, 2.75) is 70.6 Å². The number of benzene rings is 7. The van der Waals surface area contributed by atoms with Crippen LogP contribution in [0.25, 0.3) is 44.5 Å². The summed E-state index contributed by atoms with van der Waals surface area (Å²) in [6.07, 6.45) is 2.38. The summed E-state index contributed by atoms with van der Waals surface area (Å²) in [4.78, 5) is 2.53. The molecule has 266 valence electrons. The zero-order chi connectivity index (χ0) is 37.2. The Morgan fingerprint density at radius 1 is 0.352 bits per heavy atom. The summed E-state index contributed by atoms with van der Waals surface area (Å²) in [5.74, 6) is 0. The van der Waals surface area contributed by atoms with E-state index in [9.17, 15) is 0 Å². The van der Waals surface area contributed by atoms with E-state index in [0.29, 0.717) is 0 Å². The van der Waals surface area contributed by atoms with Crippen LogP contribution in [0.4, 0.5) is 17.1 Å². The van der Waals surface area contributed by atoms with Gasteiger partial charge in [0.05, 0.1) is 11.4 Å². The lowest BCUT2D eigenvalue weighted by Crippen LogP contribution is -2.33. The first-order valence-corrected chi connectivity index (χ1v) is 19.6. The maximum absolute atomic E-state index is 2.53. The topological polar surface area (TPSA) is 3.24 Å². The van der Waals surface area contributed by atoms with Gasteiger partial charge in [0, 0.05) is 22.2 Å². The van der Waals surface area contributed by atoms with Crippen LogP contribution >= 0.6 is 0 Å². The highest BCUT2D eigenvalue weighted by atomic mass is 15.1. The molecule has 1 nitrogen and oxygen atoms in total. The second kappa shape index (κ2) is 12.7. The van der Waals surface area contributed by atoms with Crippen LogP contribution in [0.15, 0.2) is 164 Å². The SMILES string of the molecule is CC1(C)CCC(C)(C)c2cc(-c3cc4c(cc3N(c3ccc(-c5ccccc5)cc3)c3ccccc3-c3ccccc3)C(C)(C)c3ccccc3-4)ccc21. The summed E-state index contributed by atoms with van der Waals surface area (Å²) >= 11 is 0. The second-order valence-electron chi connectivity index (χ2n) is 17.2. The highest BCUT2D eigenvalue weighted by molar-refractivity contribution is 5.97. The number of nitrogens with zero attached hydrogens (tertiary/aromatic N) is 1. The molecule has 0 spiro atoms. The third-order valence-corrected chi connectivity index (χ3v) is 12.6. The Kier molecular flexibility index (Phi) is 8.05. The lowest BCUT2D eigenvalue weighted by atomic mass is 9.63. The maximum atomic E-state index is 2.53. The molecule has 0 unspecified atom stereocenters. The first-order chi connectivity index (χ1) is 26.0. The van der Waals surface area contributed by atoms with E-state index >= 15 is 0 Å². The summed E-state index contributed by atoms with van der Waals surface area (Å²) in [7, 11) is 0. The van der Waals surface area contributed by atoms with E-state index < -0.39 is 0 Å². The fourth-order valence-corrected chi connectivity index (χ4v) is 9.28. The van der Waals surface area contributed by atoms with Crippen molar-refractivity contribution in [2.24, 2.45) is 0 Å². The van der Waals surface area contributed by atoms with E-state index in [0.717, 1.165) is 11.4 Å². The van der Waals surface area contributed by atoms with Gasteiger partial charge in [0.2, 0.25) is 0 Å². The fourth-order valence-electron chi connectivity index (χ4n) is 9.28. The predicted octanol–water partition coefficient (Wildman–Crippen LogP) is 14.8. The monoisotopic (exact) mass is 699 g/mol. The molecule has 0 aliphatic heterocycles. The average Bonchev–Trinajstić information content (AvgIpc) is 3.42. The van der Waals surface area contributed by atoms with Crippen LogP contribution in [-0.4, -0.2) is 0 Å². The van der Waals surface area contributed by atoms with Gasteiger partial charge >= 0.3 is 0 Å². The quantitative estimate of drug-likeness (QED) is 0.167. The van der Waals surface area contributed by atoms with Crippen molar-refractivity contribution in [2.75, 3.05) is 4.90 Å². The van der Waals surface area contributed by atoms with Gasteiger partial charge in [-0.3, -0.25) is 0 Å². The molecule has 7 aromatic rings. The van der Waals surface area contributed by atoms with Crippen LogP contribution in [0.5, 0.6) is 0 Å². The van der Waals surface area contributed by atoms with Crippen LogP contribution < -0.4 is 4.90 Å². The van der Waals surface area contributed by atoms with Crippen LogP contribution in [-0.2, 0) is 16.2 Å². The number of anilines is 3. The highest BCUT2D eigenvalue weighted by Gasteiger charge is 2.39. The minimum Gasteiger partial charge on any atom is -0.309 e. The van der Waals surface area contributed by atoms with Gasteiger partial charge in [-0.05, 0) is 110 Å². The van der Waals surface area contributed by atoms with E-state index in [4.69, 9.17) is 0 Å². The molecular weight excluding hydrogens is 651 g/mol. The van der Waals surface area contributed by atoms with Gasteiger partial charge in [0.15, 0.2) is 0 Å². The zero-order valence-corrected chi connectivity index (χ0v) is 32.4. The minimum absolute atomic E-state index is 0.0964. The molecule has 0 radical (unpaired) electrons. The fraction of sp³-hybridized carbons (Fsp3) is 0.208. The van der Waals surface area contributed by atoms with Crippen molar-refractivity contribution in [1.82, 2.24) is 0 Å². The first kappa shape index (κ1) is 34.1. The van der Waals surface area contributed by atoms with E-state index in [-0.39, 0.29) is 16.2 Å². The van der Waals surface area contributed by atoms with Gasteiger partial charge in [-0.25, -0.2) is 0 Å². The molecule has 2 aliphatic carbocycles. The van der Waals surface area contributed by atoms with Crippen LogP contribution in [0, 0.1) is 0 Å². The molecule has 9 rings (SSSR count). The first-order valence-electron chi connectivity index (χ1n) is 19.6. The number of para-hydroxylation sites is 1. The van der Waals surface area contributed by atoms with Gasteiger partial charge < -0.3 is 4.90 Å². The Hall–Kier alpha value is -5.66. The number of fused-ring (bicyclic) bond motifs is 4. The second-order valence-corrected chi connectivity index (χ2v) is 17.2. The third-order valence-electron chi connectivity index (χ3n) is 12.6. The lowest BCUT2D eigenvalue weighted by Gasteiger charge is -2.42. The molecule has 0 saturated heterocycles. The Balaban J connectivity index is 1.35. The Morgan fingerprint density at radius 2 is 0.907 bits per heavy atom. The molecule has 54 heavy (non-hydrogen) atoms. The summed E-state index contributed by atoms with van der Waals surface area (Å²) in [6.45, 7) is 14.5. The lowest BCUT2D eigenvalue weighted by molar-refractivity contribution is 0.332. The number of hydrogen-bond donors (Lipinski definition) is 0. The van der Waals surface area contributed by atoms with Crippen molar-refractivity contribution in [1.29, 1.82) is 0 Å². The normalized spacial score (nSPS) is 15.9. The largest absolute Gasteiger partial charge is 0.309 e. The van der Waals surface area contributed by atoms with Crippen molar-refractivity contribution in [3.63, 3.8) is 0 Å². The van der Waals surface area contributed by atoms with E-state index in [2.05, 4.69) is 210 Å². The van der Waals surface area contributed by atoms with Gasteiger partial charge in [-0.2, -0.15) is 0 Å². The van der Waals surface area contributed by atoms with Crippen molar-refractivity contribution in [3.05, 3.63) is 186 Å². The number of hydrogen-bond acceptors (Lipinski definition) is 1. The molecule has 0 N–H and O–H groups in total. The Morgan fingerprint density at radius 3 is 1.61 bits per heavy atom. The Bertz CT molecular complexity index is 2500. The zero-order valence-electron chi connectivity index (χ0n) is 32.4. The summed E-state index contributed by atoms with van der Waals surface area (Å²) < 4.78 is 0. The van der Waals surface area contributed by atoms with Crippen LogP contribution in [0.3, 0.4) is 0 Å². The molecular formula is C53H49N. The maximum Gasteiger partial charge on any atom is 0.0543 e. The molecule has 0 fully saturated rings. The molecule has 7 aromatic carbocycles. The molecule has 2 aliphatic rings. The van der Waals surface area contributed by atoms with Crippen molar-refractivity contribution < 1.29 is 0 Å². The predicted molar refractivity (Wildman–Crippen MR) is 230 cm³/mol. The van der Waals surface area contributed by atoms with Gasteiger partial charge in [0.1, 0.15) is 0 Å². The van der Waals surface area contributed by atoms with E-state index in [1.807, 2.05) is 0 Å². The Labute approximate surface area is 322 Å². The molecule has 0 heterocycles. The summed E-state index contributed by atoms with van der Waals surface area (Å²) in [5, 5.41) is 0. The average molecular weight is 700 g/mol. The molecule has 1 heteroatoms. The van der Waals surface area contributed by atoms with Gasteiger partial charge in [-0.1, -0.05) is 175 Å². The molecule has 0 amide bonds. The molecule has 0 bridgehead atoms. The third kappa shape index (κ3) is 5.61. The van der Waals surface area contributed by atoms with Gasteiger partial charge in [0.25, 0.3) is 0 Å². The molecule has 0 atom stereocenters. The van der Waals surface area contributed by atoms with Crippen LogP contribution in [0.1, 0.15) is 76.6 Å². The van der Waals surface area contributed by atoms with Crippen molar-refractivity contribution >= 4 is 17.1 Å². The smallest absolute Gasteiger partial charge is 0.0543 e. The van der Waals surface area contributed by atoms with E-state index in [1.54, 1.807) is 0 Å². The number of rotatable bonds is 6. The summed E-state index contributed by atoms with van der Waals surface area (Å²) in [6, 6.07) is 61.0. The standard InChI is InChI=1S/C53H49N/c1-51(2)31-32-52(3,4)48-33-39(27-30-46(48)51)43-34-44-42-22-13-15-23-45(42)53(5,6)47(44)35-50(43)54(40-28-25-37(26-29-40)36-17-9-7-10-18-36)49-24-16-14-21-41(49)38-19-11-8-12-20-38/h7-30,33-35H,31-32H2,1-6H3. The minimum atomic E-state index is -0.150. The molecule has 0 saturated carbocycles. The van der Waals surface area contributed by atoms with Gasteiger partial charge in [-0.15, -0.1) is 0 Å². The highest BCUT2D eigenvalue weighted by Crippen LogP contribution is 2.55. The summed E-state index contributed by atoms with van der Waals surface area (Å²) in [5.41, 5.74) is 19.3. The van der Waals surface area contributed by atoms with E-state index in [1.165, 1.54) is 85.3 Å².